The summed E-state index contributed by atoms with van der Waals surface area (Å²) < 4.78 is 35.6. The molecular weight excluding hydrogens is 189 g/mol. The van der Waals surface area contributed by atoms with E-state index in [0.29, 0.717) is 0 Å². The highest BCUT2D eigenvalue weighted by atomic mass is 19.3. The molecule has 0 aliphatic heterocycles. The summed E-state index contributed by atoms with van der Waals surface area (Å²) in [7, 11) is 0. The molecule has 74 valence electrons. The van der Waals surface area contributed by atoms with Crippen LogP contribution in [0.2, 0.25) is 0 Å². The number of allylic oxidation sites excluding steroid dienone is 2. The SMILES string of the molecule is FC(F)=C(F)CC=Cc1ccccc1. The van der Waals surface area contributed by atoms with E-state index in [1.165, 1.54) is 6.08 Å². The van der Waals surface area contributed by atoms with E-state index in [-0.39, 0.29) is 6.42 Å². The van der Waals surface area contributed by atoms with Crippen LogP contribution in [0.15, 0.2) is 48.3 Å². The Morgan fingerprint density at radius 2 is 1.71 bits per heavy atom. The summed E-state index contributed by atoms with van der Waals surface area (Å²) in [6.45, 7) is 0. The van der Waals surface area contributed by atoms with Gasteiger partial charge in [-0.15, -0.1) is 0 Å². The van der Waals surface area contributed by atoms with Gasteiger partial charge in [-0.25, -0.2) is 4.39 Å². The molecule has 3 heteroatoms. The van der Waals surface area contributed by atoms with Crippen molar-refractivity contribution in [3.8, 4) is 0 Å². The Kier molecular flexibility index (Phi) is 3.98. The number of benzene rings is 1. The molecule has 0 radical (unpaired) electrons. The topological polar surface area (TPSA) is 0 Å². The fourth-order valence-electron chi connectivity index (χ4n) is 0.940. The highest BCUT2D eigenvalue weighted by Gasteiger charge is 2.00. The van der Waals surface area contributed by atoms with Crippen LogP contribution in [0.4, 0.5) is 13.2 Å². The molecule has 0 saturated heterocycles. The third kappa shape index (κ3) is 3.47. The van der Waals surface area contributed by atoms with Gasteiger partial charge in [-0.2, -0.15) is 8.78 Å². The van der Waals surface area contributed by atoms with Crippen LogP contribution in [0.5, 0.6) is 0 Å². The fraction of sp³-hybridized carbons (Fsp3) is 0.0909. The molecule has 1 aromatic rings. The molecule has 0 atom stereocenters. The van der Waals surface area contributed by atoms with Gasteiger partial charge in [0.15, 0.2) is 5.83 Å². The van der Waals surface area contributed by atoms with Crippen molar-refractivity contribution in [1.29, 1.82) is 0 Å². The molecule has 0 saturated carbocycles. The van der Waals surface area contributed by atoms with Crippen molar-refractivity contribution in [2.45, 2.75) is 6.42 Å². The summed E-state index contributed by atoms with van der Waals surface area (Å²) in [4.78, 5) is 0. The molecule has 0 aliphatic rings. The van der Waals surface area contributed by atoms with E-state index in [2.05, 4.69) is 0 Å². The largest absolute Gasteiger partial charge is 0.301 e. The van der Waals surface area contributed by atoms with Crippen molar-refractivity contribution in [1.82, 2.24) is 0 Å². The maximum Gasteiger partial charge on any atom is 0.301 e. The molecule has 0 unspecified atom stereocenters. The van der Waals surface area contributed by atoms with Crippen molar-refractivity contribution in [2.75, 3.05) is 0 Å². The van der Waals surface area contributed by atoms with Crippen molar-refractivity contribution in [3.05, 3.63) is 53.9 Å². The van der Waals surface area contributed by atoms with Crippen LogP contribution in [0.3, 0.4) is 0 Å². The van der Waals surface area contributed by atoms with Crippen LogP contribution in [0.1, 0.15) is 12.0 Å². The molecule has 1 rings (SSSR count). The summed E-state index contributed by atoms with van der Waals surface area (Å²) in [5.74, 6) is -1.38. The van der Waals surface area contributed by atoms with E-state index in [1.807, 2.05) is 30.3 Å². The third-order valence-corrected chi connectivity index (χ3v) is 1.61. The Labute approximate surface area is 80.4 Å². The van der Waals surface area contributed by atoms with Crippen LogP contribution in [-0.2, 0) is 0 Å². The Morgan fingerprint density at radius 3 is 2.29 bits per heavy atom. The number of hydrogen-bond acceptors (Lipinski definition) is 0. The molecule has 14 heavy (non-hydrogen) atoms. The van der Waals surface area contributed by atoms with E-state index in [0.717, 1.165) is 5.56 Å². The Bertz CT molecular complexity index is 335. The maximum atomic E-state index is 12.3. The van der Waals surface area contributed by atoms with Gasteiger partial charge in [0.05, 0.1) is 0 Å². The Hall–Kier alpha value is -1.51. The van der Waals surface area contributed by atoms with E-state index in [9.17, 15) is 13.2 Å². The first kappa shape index (κ1) is 10.6. The van der Waals surface area contributed by atoms with E-state index in [1.54, 1.807) is 6.08 Å². The highest BCUT2D eigenvalue weighted by molar-refractivity contribution is 5.48. The van der Waals surface area contributed by atoms with Gasteiger partial charge < -0.3 is 0 Å². The lowest BCUT2D eigenvalue weighted by molar-refractivity contribution is 0.375. The number of rotatable bonds is 3. The van der Waals surface area contributed by atoms with Gasteiger partial charge in [0.1, 0.15) is 0 Å². The van der Waals surface area contributed by atoms with E-state index >= 15 is 0 Å². The number of hydrogen-bond donors (Lipinski definition) is 0. The highest BCUT2D eigenvalue weighted by Crippen LogP contribution is 2.14. The predicted octanol–water partition coefficient (Wildman–Crippen LogP) is 4.17. The maximum absolute atomic E-state index is 12.3. The standard InChI is InChI=1S/C11H9F3/c12-10(11(13)14)8-4-7-9-5-2-1-3-6-9/h1-7H,8H2. The van der Waals surface area contributed by atoms with Gasteiger partial charge in [-0.05, 0) is 5.56 Å². The predicted molar refractivity (Wildman–Crippen MR) is 50.4 cm³/mol. The molecule has 0 aromatic heterocycles. The van der Waals surface area contributed by atoms with Crippen molar-refractivity contribution in [3.63, 3.8) is 0 Å². The summed E-state index contributed by atoms with van der Waals surface area (Å²) in [6.07, 6.45) is 0.353. The van der Waals surface area contributed by atoms with Gasteiger partial charge in [-0.3, -0.25) is 0 Å². The minimum atomic E-state index is -2.25. The second-order valence-corrected chi connectivity index (χ2v) is 2.68. The zero-order valence-electron chi connectivity index (χ0n) is 7.38. The lowest BCUT2D eigenvalue weighted by Crippen LogP contribution is -1.73. The first-order valence-corrected chi connectivity index (χ1v) is 4.11. The summed E-state index contributed by atoms with van der Waals surface area (Å²) in [6, 6.07) is 9.11. The first-order chi connectivity index (χ1) is 6.70. The molecule has 0 nitrogen and oxygen atoms in total. The monoisotopic (exact) mass is 198 g/mol. The van der Waals surface area contributed by atoms with Gasteiger partial charge >= 0.3 is 6.08 Å². The minimum Gasteiger partial charge on any atom is -0.206 e. The van der Waals surface area contributed by atoms with Crippen molar-refractivity contribution in [2.24, 2.45) is 0 Å². The lowest BCUT2D eigenvalue weighted by Gasteiger charge is -1.91. The lowest BCUT2D eigenvalue weighted by atomic mass is 10.2. The average molecular weight is 198 g/mol. The Balaban J connectivity index is 2.55. The zero-order valence-corrected chi connectivity index (χ0v) is 7.38. The first-order valence-electron chi connectivity index (χ1n) is 4.11. The smallest absolute Gasteiger partial charge is 0.206 e. The molecular formula is C11H9F3. The molecule has 0 N–H and O–H groups in total. The zero-order chi connectivity index (χ0) is 10.4. The van der Waals surface area contributed by atoms with Crippen molar-refractivity contribution >= 4 is 6.08 Å². The molecule has 0 aliphatic carbocycles. The van der Waals surface area contributed by atoms with E-state index < -0.39 is 11.9 Å². The molecule has 0 bridgehead atoms. The van der Waals surface area contributed by atoms with Crippen LogP contribution in [0, 0.1) is 0 Å². The second kappa shape index (κ2) is 5.27. The molecule has 0 heterocycles. The molecule has 1 aromatic carbocycles. The van der Waals surface area contributed by atoms with Gasteiger partial charge in [0, 0.05) is 6.42 Å². The van der Waals surface area contributed by atoms with E-state index in [4.69, 9.17) is 0 Å². The minimum absolute atomic E-state index is 0.364. The normalized spacial score (nSPS) is 10.5. The van der Waals surface area contributed by atoms with Gasteiger partial charge in [-0.1, -0.05) is 42.5 Å². The molecule has 0 spiro atoms. The second-order valence-electron chi connectivity index (χ2n) is 2.68. The van der Waals surface area contributed by atoms with Crippen LogP contribution >= 0.6 is 0 Å². The van der Waals surface area contributed by atoms with Crippen LogP contribution in [-0.4, -0.2) is 0 Å². The van der Waals surface area contributed by atoms with Crippen LogP contribution in [0.25, 0.3) is 6.08 Å². The third-order valence-electron chi connectivity index (χ3n) is 1.61. The van der Waals surface area contributed by atoms with Gasteiger partial charge in [0.25, 0.3) is 0 Å². The number of halogens is 3. The Morgan fingerprint density at radius 1 is 1.07 bits per heavy atom. The molecule has 0 amide bonds. The fourth-order valence-corrected chi connectivity index (χ4v) is 0.940. The van der Waals surface area contributed by atoms with Gasteiger partial charge in [0.2, 0.25) is 0 Å². The molecule has 0 fully saturated rings. The van der Waals surface area contributed by atoms with Crippen molar-refractivity contribution < 1.29 is 13.2 Å². The summed E-state index contributed by atoms with van der Waals surface area (Å²) in [5, 5.41) is 0. The quantitative estimate of drug-likeness (QED) is 0.683. The van der Waals surface area contributed by atoms with Crippen LogP contribution < -0.4 is 0 Å². The summed E-state index contributed by atoms with van der Waals surface area (Å²) in [5.41, 5.74) is 0.861. The average Bonchev–Trinajstić information content (AvgIpc) is 2.19. The summed E-state index contributed by atoms with van der Waals surface area (Å²) >= 11 is 0.